The van der Waals surface area contributed by atoms with Gasteiger partial charge in [-0.25, -0.2) is 44.3 Å². The summed E-state index contributed by atoms with van der Waals surface area (Å²) in [4.78, 5) is 66.0. The van der Waals surface area contributed by atoms with Gasteiger partial charge in [0.15, 0.2) is 11.6 Å². The lowest BCUT2D eigenvalue weighted by Gasteiger charge is -2.39. The molecule has 1 N–H and O–H groups in total. The largest absolute Gasteiger partial charge is 0.478 e. The predicted molar refractivity (Wildman–Crippen MR) is 402 cm³/mol. The number of ether oxygens (including phenoxy) is 2. The Bertz CT molecular complexity index is 4220. The fraction of sp³-hybridized carbons (Fsp3) is 0.391. The van der Waals surface area contributed by atoms with Crippen LogP contribution in [0.3, 0.4) is 0 Å². The maximum absolute atomic E-state index is 16.6. The molecular weight excluding hydrogens is 1400 g/mol. The number of anilines is 2. The summed E-state index contributed by atoms with van der Waals surface area (Å²) in [5.74, 6) is -1.72. The Morgan fingerprint density at radius 2 is 1.08 bits per heavy atom. The number of piperazine rings is 1. The zero-order valence-corrected chi connectivity index (χ0v) is 58.3. The van der Waals surface area contributed by atoms with Crippen LogP contribution in [-0.4, -0.2) is 192 Å². The molecule has 6 atom stereocenters. The molecule has 0 saturated carbocycles. The first kappa shape index (κ1) is 83.9. The van der Waals surface area contributed by atoms with Crippen molar-refractivity contribution >= 4 is 144 Å². The molecule has 4 aliphatic rings. The number of carbonyl (C=O) groups excluding carboxylic acids is 1. The molecule has 99 heavy (non-hydrogen) atoms. The van der Waals surface area contributed by atoms with E-state index in [0.717, 1.165) is 48.4 Å². The van der Waals surface area contributed by atoms with E-state index >= 15 is 8.78 Å². The monoisotopic (exact) mass is 1480 g/mol. The van der Waals surface area contributed by atoms with Gasteiger partial charge in [-0.3, -0.25) is 24.6 Å². The summed E-state index contributed by atoms with van der Waals surface area (Å²) in [7, 11) is 3.67. The maximum atomic E-state index is 16.6. The highest BCUT2D eigenvalue weighted by molar-refractivity contribution is 7.59. The van der Waals surface area contributed by atoms with E-state index in [1.54, 1.807) is 36.5 Å². The number of piperidine rings is 1. The second-order valence-electron chi connectivity index (χ2n) is 23.0. The van der Waals surface area contributed by atoms with Gasteiger partial charge in [-0.15, -0.1) is 0 Å². The van der Waals surface area contributed by atoms with E-state index in [1.165, 1.54) is 17.2 Å². The van der Waals surface area contributed by atoms with Crippen molar-refractivity contribution in [1.82, 2.24) is 44.6 Å². The number of pyridine rings is 2. The first-order chi connectivity index (χ1) is 45.0. The molecular formula is C69H81Cl2F6N13O5S4. The lowest BCUT2D eigenvalue weighted by Crippen LogP contribution is -2.56. The zero-order chi connectivity index (χ0) is 65.9. The number of carboxylic acid groups (broad SMARTS) is 1. The summed E-state index contributed by atoms with van der Waals surface area (Å²) in [6, 6.07) is 21.1. The third-order valence-electron chi connectivity index (χ3n) is 16.8. The molecule has 0 spiro atoms. The molecule has 4 aromatic carbocycles. The predicted octanol–water partition coefficient (Wildman–Crippen LogP) is 14.0. The molecule has 532 valence electrons. The van der Waals surface area contributed by atoms with E-state index < -0.39 is 49.3 Å². The van der Waals surface area contributed by atoms with Crippen LogP contribution in [0, 0.1) is 30.7 Å². The Hall–Kier alpha value is -7.54. The summed E-state index contributed by atoms with van der Waals surface area (Å²) >= 11 is 13.1. The third-order valence-corrected chi connectivity index (χ3v) is 17.5. The van der Waals surface area contributed by atoms with Crippen LogP contribution in [0.25, 0.3) is 75.6 Å². The highest BCUT2D eigenvalue weighted by Gasteiger charge is 2.36. The van der Waals surface area contributed by atoms with Crippen LogP contribution < -0.4 is 19.3 Å². The first-order valence-corrected chi connectivity index (χ1v) is 30.9. The molecule has 0 aliphatic carbocycles. The van der Waals surface area contributed by atoms with Gasteiger partial charge in [-0.2, -0.15) is 73.9 Å². The van der Waals surface area contributed by atoms with E-state index in [9.17, 15) is 27.2 Å². The Morgan fingerprint density at radius 1 is 0.626 bits per heavy atom. The second-order valence-corrected chi connectivity index (χ2v) is 23.8. The molecule has 12 rings (SSSR count). The summed E-state index contributed by atoms with van der Waals surface area (Å²) < 4.78 is 96.7. The molecule has 4 aliphatic heterocycles. The Balaban J connectivity index is 0.000000365. The number of likely N-dealkylation sites (tertiary alicyclic amines) is 2. The number of aliphatic carboxylic acids is 1. The minimum absolute atomic E-state index is 0. The standard InChI is InChI=1S/C33H31ClF3N7O2.C30H29ClF2N6O.C4H5FO2.2CH4.4H2S/c1-38-15-23-18-43(12-13-44(23)27(45)10-5-11-35)32-25-16-39-30(24-8-3-6-20-7-4-9-26(34)28(20)24)29(37)31(25)40-33(41-32)46-19-22-14-21(36)17-42(22)2;1-34-13-18-6-5-11-39(15-18)29-23-14-35-27(22-9-3-7-19-8-4-10-24(31)25(19)22)26(33)28(23)36-30(37-29)40-17-21-12-20(32)16-38(21)2;5-3-1-2-4(6)7;;;;;;/h3-10,16,21-23H,11-15,17-19H2,2H3;3-4,7-10,14,18,20-21H,5-6,11-13,15-17H2,2H3;1-2H,3H2,(H,6,7);2*1H4;4*1H2/b10-5+;;2-1+;;;;;;/t21-,22+,23+;18-,20+,21-;;;;;;;/m10......./s1. The van der Waals surface area contributed by atoms with Crippen LogP contribution in [0.5, 0.6) is 12.0 Å². The summed E-state index contributed by atoms with van der Waals surface area (Å²) in [6.45, 7) is 16.7. The number of aromatic nitrogens is 6. The van der Waals surface area contributed by atoms with Crippen molar-refractivity contribution in [2.75, 3.05) is 109 Å². The van der Waals surface area contributed by atoms with Gasteiger partial charge in [0.05, 0.1) is 10.8 Å². The highest BCUT2D eigenvalue weighted by Crippen LogP contribution is 2.41. The lowest BCUT2D eigenvalue weighted by molar-refractivity contribution is -0.131. The number of alkyl halides is 4. The molecule has 0 radical (unpaired) electrons. The number of nitrogens with zero attached hydrogens (tertiary/aromatic N) is 13. The third kappa shape index (κ3) is 19.7. The van der Waals surface area contributed by atoms with Crippen molar-refractivity contribution in [2.24, 2.45) is 5.92 Å². The van der Waals surface area contributed by atoms with E-state index in [1.807, 2.05) is 71.3 Å². The molecule has 4 saturated heterocycles. The van der Waals surface area contributed by atoms with Gasteiger partial charge in [-0.05, 0) is 74.8 Å². The number of carbonyl (C=O) groups is 2. The van der Waals surface area contributed by atoms with Crippen molar-refractivity contribution in [3.63, 3.8) is 0 Å². The first-order valence-electron chi connectivity index (χ1n) is 30.2. The number of amides is 1. The number of hydrogen-bond acceptors (Lipinski definition) is 14. The van der Waals surface area contributed by atoms with Crippen molar-refractivity contribution in [1.29, 1.82) is 0 Å². The number of rotatable bonds is 16. The molecule has 8 aromatic rings. The molecule has 30 heteroatoms. The Kier molecular flexibility index (Phi) is 32.9. The minimum Gasteiger partial charge on any atom is -0.478 e. The van der Waals surface area contributed by atoms with Crippen molar-refractivity contribution in [2.45, 2.75) is 71.0 Å². The molecule has 0 bridgehead atoms. The van der Waals surface area contributed by atoms with Crippen molar-refractivity contribution in [3.8, 4) is 34.5 Å². The van der Waals surface area contributed by atoms with Gasteiger partial charge in [-0.1, -0.05) is 98.7 Å². The number of halogens is 8. The smallest absolute Gasteiger partial charge is 0.328 e. The Morgan fingerprint density at radius 3 is 1.51 bits per heavy atom. The van der Waals surface area contributed by atoms with Gasteiger partial charge in [0.1, 0.15) is 79.0 Å². The number of hydrogen-bond donors (Lipinski definition) is 1. The fourth-order valence-corrected chi connectivity index (χ4v) is 12.9. The quantitative estimate of drug-likeness (QED) is 0.0549. The van der Waals surface area contributed by atoms with Gasteiger partial charge >= 0.3 is 18.0 Å². The second kappa shape index (κ2) is 38.9. The number of benzene rings is 4. The number of carboxylic acids is 1. The van der Waals surface area contributed by atoms with E-state index in [0.29, 0.717) is 99.9 Å². The van der Waals surface area contributed by atoms with Gasteiger partial charge in [0.2, 0.25) is 19.0 Å². The van der Waals surface area contributed by atoms with Gasteiger partial charge in [0.25, 0.3) is 0 Å². The fourth-order valence-electron chi connectivity index (χ4n) is 12.3. The number of allylic oxidation sites excluding steroid dienone is 2. The van der Waals surface area contributed by atoms with Crippen LogP contribution in [0.15, 0.2) is 109 Å². The average Bonchev–Trinajstić information content (AvgIpc) is 1.02. The SMILES string of the molecule is C.C.O=C(O)/C=C/CF.S.S.S.S.[C-]#[N+]C[C@@H]1CCCN(c2nc(OC[C@@H]3C[C@@H](F)CN3C)nc3c(F)c(-c4cccc5cccc(Cl)c45)ncc23)C1.[C-]#[N+]C[C@H]1CN(c2nc(OC[C@@H]3C[C@@H](F)CN3C)nc3c(F)c(-c4cccc5cccc(Cl)c45)ncc23)CCN1C(=O)/C=C/CF. The van der Waals surface area contributed by atoms with Crippen molar-refractivity contribution in [3.05, 3.63) is 154 Å². The molecule has 4 fully saturated rings. The topological polar surface area (TPSA) is 175 Å². The van der Waals surface area contributed by atoms with Crippen LogP contribution in [0.1, 0.15) is 40.5 Å². The lowest BCUT2D eigenvalue weighted by atomic mass is 9.98. The van der Waals surface area contributed by atoms with Gasteiger partial charge in [0, 0.05) is 120 Å². The molecule has 8 heterocycles. The number of likely N-dealkylation sites (N-methyl/N-ethyl adjacent to an activating group) is 2. The Labute approximate surface area is 610 Å². The molecule has 18 nitrogen and oxygen atoms in total. The minimum atomic E-state index is -1.11. The summed E-state index contributed by atoms with van der Waals surface area (Å²) in [6.07, 6.45) is 7.76. The normalized spacial score (nSPS) is 19.0. The van der Waals surface area contributed by atoms with Crippen molar-refractivity contribution < 1.29 is 50.5 Å². The maximum Gasteiger partial charge on any atom is 0.328 e. The van der Waals surface area contributed by atoms with Crippen LogP contribution in [0.4, 0.5) is 38.0 Å². The molecule has 0 unspecified atom stereocenters. The zero-order valence-electron chi connectivity index (χ0n) is 52.8. The van der Waals surface area contributed by atoms with Gasteiger partial charge < -0.3 is 39.0 Å². The summed E-state index contributed by atoms with van der Waals surface area (Å²) in [5.41, 5.74) is 1.34. The van der Waals surface area contributed by atoms with Crippen LogP contribution in [-0.2, 0) is 9.59 Å². The van der Waals surface area contributed by atoms with E-state index in [2.05, 4.69) is 39.5 Å². The van der Waals surface area contributed by atoms with Crippen LogP contribution in [0.2, 0.25) is 10.0 Å². The highest BCUT2D eigenvalue weighted by atomic mass is 35.5. The van der Waals surface area contributed by atoms with E-state index in [-0.39, 0.29) is 160 Å². The average molecular weight is 1490 g/mol. The van der Waals surface area contributed by atoms with Crippen LogP contribution >= 0.6 is 77.2 Å². The molecule has 1 amide bonds. The molecule has 4 aromatic heterocycles. The van der Waals surface area contributed by atoms with E-state index in [4.69, 9.17) is 55.9 Å². The summed E-state index contributed by atoms with van der Waals surface area (Å²) in [5, 5.41) is 12.6. The number of fused-ring (bicyclic) bond motifs is 4.